The highest BCUT2D eigenvalue weighted by molar-refractivity contribution is 9.10. The van der Waals surface area contributed by atoms with Crippen molar-refractivity contribution < 1.29 is 14.3 Å². The lowest BCUT2D eigenvalue weighted by Gasteiger charge is -2.11. The first-order chi connectivity index (χ1) is 13.4. The predicted molar refractivity (Wildman–Crippen MR) is 118 cm³/mol. The van der Waals surface area contributed by atoms with E-state index in [0.29, 0.717) is 40.2 Å². The third-order valence-electron chi connectivity index (χ3n) is 3.63. The molecule has 2 aromatic rings. The molecule has 0 unspecified atom stereocenters. The van der Waals surface area contributed by atoms with E-state index in [1.165, 1.54) is 0 Å². The molecule has 0 fully saturated rings. The SMILES string of the molecule is CCCOc1ccc(C(=O)NC(=S)Nc2ccc(C(=O)NCC)cc2)cc1Br. The minimum atomic E-state index is -0.334. The zero-order valence-electron chi connectivity index (χ0n) is 15.7. The van der Waals surface area contributed by atoms with Gasteiger partial charge in [-0.3, -0.25) is 14.9 Å². The first-order valence-electron chi connectivity index (χ1n) is 8.87. The minimum Gasteiger partial charge on any atom is -0.492 e. The highest BCUT2D eigenvalue weighted by Crippen LogP contribution is 2.26. The Hall–Kier alpha value is -2.45. The molecule has 0 atom stereocenters. The molecule has 6 nitrogen and oxygen atoms in total. The number of amides is 2. The van der Waals surface area contributed by atoms with Crippen LogP contribution in [-0.4, -0.2) is 30.1 Å². The van der Waals surface area contributed by atoms with Crippen molar-refractivity contribution in [2.75, 3.05) is 18.5 Å². The van der Waals surface area contributed by atoms with Gasteiger partial charge in [0.2, 0.25) is 0 Å². The number of nitrogens with one attached hydrogen (secondary N) is 3. The molecule has 28 heavy (non-hydrogen) atoms. The van der Waals surface area contributed by atoms with Crippen LogP contribution in [-0.2, 0) is 0 Å². The maximum absolute atomic E-state index is 12.4. The van der Waals surface area contributed by atoms with Gasteiger partial charge >= 0.3 is 0 Å². The Kier molecular flexibility index (Phi) is 8.41. The maximum Gasteiger partial charge on any atom is 0.257 e. The van der Waals surface area contributed by atoms with Gasteiger partial charge in [0.15, 0.2) is 5.11 Å². The summed E-state index contributed by atoms with van der Waals surface area (Å²) in [5.74, 6) is 0.215. The largest absolute Gasteiger partial charge is 0.492 e. The standard InChI is InChI=1S/C20H22BrN3O3S/c1-3-11-27-17-10-7-14(12-16(17)21)19(26)24-20(28)23-15-8-5-13(6-9-15)18(25)22-4-2/h5-10,12H,3-4,11H2,1-2H3,(H,22,25)(H2,23,24,26,28). The van der Waals surface area contributed by atoms with E-state index < -0.39 is 0 Å². The van der Waals surface area contributed by atoms with Crippen LogP contribution in [0, 0.1) is 0 Å². The number of ether oxygens (including phenoxy) is 1. The van der Waals surface area contributed by atoms with Gasteiger partial charge in [-0.1, -0.05) is 6.92 Å². The Labute approximate surface area is 178 Å². The number of hydrogen-bond donors (Lipinski definition) is 3. The molecule has 0 saturated carbocycles. The third-order valence-corrected chi connectivity index (χ3v) is 4.45. The number of carbonyl (C=O) groups excluding carboxylic acids is 2. The predicted octanol–water partition coefficient (Wildman–Crippen LogP) is 4.11. The number of halogens is 1. The zero-order valence-corrected chi connectivity index (χ0v) is 18.1. The first-order valence-corrected chi connectivity index (χ1v) is 10.1. The van der Waals surface area contributed by atoms with E-state index in [1.54, 1.807) is 42.5 Å². The normalized spacial score (nSPS) is 10.1. The van der Waals surface area contributed by atoms with Crippen LogP contribution >= 0.6 is 28.1 Å². The molecule has 2 amide bonds. The summed E-state index contributed by atoms with van der Waals surface area (Å²) in [4.78, 5) is 24.1. The molecule has 0 heterocycles. The molecular weight excluding hydrogens is 442 g/mol. The van der Waals surface area contributed by atoms with Crippen LogP contribution < -0.4 is 20.7 Å². The summed E-state index contributed by atoms with van der Waals surface area (Å²) in [7, 11) is 0. The van der Waals surface area contributed by atoms with Gasteiger partial charge in [-0.05, 0) is 84.0 Å². The van der Waals surface area contributed by atoms with Crippen LogP contribution in [0.2, 0.25) is 0 Å². The molecule has 0 spiro atoms. The second-order valence-corrected chi connectivity index (χ2v) is 7.10. The molecule has 148 valence electrons. The van der Waals surface area contributed by atoms with Crippen molar-refractivity contribution in [3.63, 3.8) is 0 Å². The van der Waals surface area contributed by atoms with Crippen LogP contribution in [0.5, 0.6) is 5.75 Å². The van der Waals surface area contributed by atoms with Gasteiger partial charge in [-0.25, -0.2) is 0 Å². The summed E-state index contributed by atoms with van der Waals surface area (Å²) >= 11 is 8.60. The highest BCUT2D eigenvalue weighted by Gasteiger charge is 2.11. The molecule has 8 heteroatoms. The zero-order chi connectivity index (χ0) is 20.5. The molecule has 0 saturated heterocycles. The summed E-state index contributed by atoms with van der Waals surface area (Å²) in [6.07, 6.45) is 0.902. The Balaban J connectivity index is 1.94. The molecule has 0 radical (unpaired) electrons. The fourth-order valence-electron chi connectivity index (χ4n) is 2.28. The van der Waals surface area contributed by atoms with Crippen LogP contribution in [0.15, 0.2) is 46.9 Å². The van der Waals surface area contributed by atoms with Crippen molar-refractivity contribution in [2.45, 2.75) is 20.3 Å². The minimum absolute atomic E-state index is 0.137. The Morgan fingerprint density at radius 3 is 2.32 bits per heavy atom. The van der Waals surface area contributed by atoms with E-state index in [9.17, 15) is 9.59 Å². The van der Waals surface area contributed by atoms with Gasteiger partial charge in [0.1, 0.15) is 5.75 Å². The number of thiocarbonyl (C=S) groups is 1. The Morgan fingerprint density at radius 1 is 1.04 bits per heavy atom. The van der Waals surface area contributed by atoms with Crippen LogP contribution in [0.4, 0.5) is 5.69 Å². The lowest BCUT2D eigenvalue weighted by Crippen LogP contribution is -2.34. The summed E-state index contributed by atoms with van der Waals surface area (Å²) in [6.45, 7) is 5.06. The quantitative estimate of drug-likeness (QED) is 0.538. The number of rotatable bonds is 7. The molecule has 0 aromatic heterocycles. The molecule has 2 aromatic carbocycles. The van der Waals surface area contributed by atoms with Crippen LogP contribution in [0.3, 0.4) is 0 Å². The molecule has 3 N–H and O–H groups in total. The van der Waals surface area contributed by atoms with E-state index in [-0.39, 0.29) is 16.9 Å². The van der Waals surface area contributed by atoms with Gasteiger partial charge < -0.3 is 15.4 Å². The Bertz CT molecular complexity index is 856. The average Bonchev–Trinajstić information content (AvgIpc) is 2.67. The molecule has 0 aliphatic carbocycles. The highest BCUT2D eigenvalue weighted by atomic mass is 79.9. The summed E-state index contributed by atoms with van der Waals surface area (Å²) in [5.41, 5.74) is 1.67. The second-order valence-electron chi connectivity index (χ2n) is 5.84. The number of benzene rings is 2. The van der Waals surface area contributed by atoms with Crippen molar-refractivity contribution in [3.05, 3.63) is 58.1 Å². The van der Waals surface area contributed by atoms with E-state index in [0.717, 1.165) is 6.42 Å². The Morgan fingerprint density at radius 2 is 1.71 bits per heavy atom. The monoisotopic (exact) mass is 463 g/mol. The lowest BCUT2D eigenvalue weighted by molar-refractivity contribution is 0.0953. The molecule has 2 rings (SSSR count). The lowest BCUT2D eigenvalue weighted by atomic mass is 10.2. The number of hydrogen-bond acceptors (Lipinski definition) is 4. The number of carbonyl (C=O) groups is 2. The summed E-state index contributed by atoms with van der Waals surface area (Å²) in [5, 5.41) is 8.45. The average molecular weight is 464 g/mol. The molecule has 0 bridgehead atoms. The third kappa shape index (κ3) is 6.31. The molecule has 0 aliphatic heterocycles. The van der Waals surface area contributed by atoms with Gasteiger partial charge in [0, 0.05) is 23.4 Å². The van der Waals surface area contributed by atoms with Gasteiger partial charge in [-0.2, -0.15) is 0 Å². The molecular formula is C20H22BrN3O3S. The first kappa shape index (κ1) is 21.8. The van der Waals surface area contributed by atoms with Crippen molar-refractivity contribution in [1.82, 2.24) is 10.6 Å². The molecule has 0 aliphatic rings. The van der Waals surface area contributed by atoms with Crippen molar-refractivity contribution >= 4 is 50.8 Å². The summed E-state index contributed by atoms with van der Waals surface area (Å²) < 4.78 is 6.28. The van der Waals surface area contributed by atoms with Gasteiger partial charge in [0.05, 0.1) is 11.1 Å². The van der Waals surface area contributed by atoms with Gasteiger partial charge in [0.25, 0.3) is 11.8 Å². The second kappa shape index (κ2) is 10.8. The van der Waals surface area contributed by atoms with E-state index in [2.05, 4.69) is 31.9 Å². The smallest absolute Gasteiger partial charge is 0.257 e. The van der Waals surface area contributed by atoms with E-state index in [1.807, 2.05) is 13.8 Å². The van der Waals surface area contributed by atoms with E-state index >= 15 is 0 Å². The topological polar surface area (TPSA) is 79.5 Å². The van der Waals surface area contributed by atoms with Crippen molar-refractivity contribution in [1.29, 1.82) is 0 Å². The van der Waals surface area contributed by atoms with E-state index in [4.69, 9.17) is 17.0 Å². The van der Waals surface area contributed by atoms with Crippen molar-refractivity contribution in [3.8, 4) is 5.75 Å². The number of anilines is 1. The van der Waals surface area contributed by atoms with Crippen LogP contribution in [0.1, 0.15) is 41.0 Å². The fourth-order valence-corrected chi connectivity index (χ4v) is 2.98. The van der Waals surface area contributed by atoms with Crippen LogP contribution in [0.25, 0.3) is 0 Å². The maximum atomic E-state index is 12.4. The van der Waals surface area contributed by atoms with Crippen molar-refractivity contribution in [2.24, 2.45) is 0 Å². The fraction of sp³-hybridized carbons (Fsp3) is 0.250. The summed E-state index contributed by atoms with van der Waals surface area (Å²) in [6, 6.07) is 11.9. The van der Waals surface area contributed by atoms with Gasteiger partial charge in [-0.15, -0.1) is 0 Å².